The number of ether oxygens (including phenoxy) is 2. The monoisotopic (exact) mass is 384 g/mol. The molecule has 0 aliphatic heterocycles. The van der Waals surface area contributed by atoms with Gasteiger partial charge < -0.3 is 19.6 Å². The molecule has 1 aromatic carbocycles. The third-order valence-corrected chi connectivity index (χ3v) is 5.02. The van der Waals surface area contributed by atoms with E-state index in [1.165, 1.54) is 0 Å². The molecule has 0 unspecified atom stereocenters. The van der Waals surface area contributed by atoms with Crippen LogP contribution in [-0.2, 0) is 0 Å². The molecule has 27 heavy (non-hydrogen) atoms. The van der Waals surface area contributed by atoms with Crippen molar-refractivity contribution in [2.45, 2.75) is 18.9 Å². The molecule has 1 aliphatic rings. The molecule has 1 aliphatic carbocycles. The normalized spacial score (nSPS) is 14.8. The fraction of sp³-hybridized carbons (Fsp3) is 0.286. The maximum atomic E-state index is 10.1. The Balaban J connectivity index is 1.75. The summed E-state index contributed by atoms with van der Waals surface area (Å²) in [6.07, 6.45) is 7.10. The van der Waals surface area contributed by atoms with Gasteiger partial charge in [0.15, 0.2) is 11.5 Å². The summed E-state index contributed by atoms with van der Waals surface area (Å²) in [6, 6.07) is 9.53. The molecule has 1 atom stereocenters. The molecule has 0 radical (unpaired) electrons. The Morgan fingerprint density at radius 3 is 2.67 bits per heavy atom. The highest BCUT2D eigenvalue weighted by atomic mass is 35.5. The minimum Gasteiger partial charge on any atom is -0.493 e. The van der Waals surface area contributed by atoms with Crippen LogP contribution in [0.3, 0.4) is 0 Å². The number of aliphatic hydroxyl groups excluding tert-OH is 1. The average Bonchev–Trinajstić information content (AvgIpc) is 3.41. The number of nitrogens with one attached hydrogen (secondary N) is 1. The number of hydrogen-bond donors (Lipinski definition) is 2. The quantitative estimate of drug-likeness (QED) is 0.626. The first-order valence-electron chi connectivity index (χ1n) is 8.93. The molecule has 2 aromatic heterocycles. The standard InChI is InChI=1S/C21H21ClN2O3/c1-26-20-8-16(14-6-7-23-10-14)17(18-5-4-15(22)11-24-18)9-21(20)27-12-19(25)13-2-3-13/h4-11,13,19,23,25H,2-3,12H2,1H3/t19-/m0/s1. The van der Waals surface area contributed by atoms with Gasteiger partial charge in [0.25, 0.3) is 0 Å². The lowest BCUT2D eigenvalue weighted by atomic mass is 9.98. The molecule has 140 valence electrons. The van der Waals surface area contributed by atoms with Crippen LogP contribution in [0.25, 0.3) is 22.4 Å². The van der Waals surface area contributed by atoms with Crippen LogP contribution in [0.5, 0.6) is 11.5 Å². The Labute approximate surface area is 162 Å². The van der Waals surface area contributed by atoms with Crippen LogP contribution < -0.4 is 9.47 Å². The summed E-state index contributed by atoms with van der Waals surface area (Å²) in [5, 5.41) is 10.7. The van der Waals surface area contributed by atoms with Gasteiger partial charge in [0, 0.05) is 24.2 Å². The molecule has 0 amide bonds. The molecule has 0 bridgehead atoms. The lowest BCUT2D eigenvalue weighted by Gasteiger charge is -2.17. The van der Waals surface area contributed by atoms with Crippen molar-refractivity contribution in [3.05, 3.63) is 53.9 Å². The van der Waals surface area contributed by atoms with E-state index in [1.807, 2.05) is 42.7 Å². The first kappa shape index (κ1) is 17.9. The fourth-order valence-electron chi connectivity index (χ4n) is 3.10. The summed E-state index contributed by atoms with van der Waals surface area (Å²) in [4.78, 5) is 7.54. The van der Waals surface area contributed by atoms with Crippen molar-refractivity contribution in [2.24, 2.45) is 5.92 Å². The molecule has 2 heterocycles. The molecule has 1 fully saturated rings. The highest BCUT2D eigenvalue weighted by molar-refractivity contribution is 6.30. The number of halogens is 1. The van der Waals surface area contributed by atoms with Crippen LogP contribution in [0.15, 0.2) is 48.9 Å². The summed E-state index contributed by atoms with van der Waals surface area (Å²) in [7, 11) is 1.61. The van der Waals surface area contributed by atoms with E-state index in [1.54, 1.807) is 13.3 Å². The highest BCUT2D eigenvalue weighted by Gasteiger charge is 2.30. The van der Waals surface area contributed by atoms with Crippen LogP contribution in [-0.4, -0.2) is 34.9 Å². The summed E-state index contributed by atoms with van der Waals surface area (Å²) in [5.41, 5.74) is 3.68. The molecule has 6 heteroatoms. The summed E-state index contributed by atoms with van der Waals surface area (Å²) in [6.45, 7) is 0.248. The molecule has 0 spiro atoms. The van der Waals surface area contributed by atoms with E-state index in [2.05, 4.69) is 9.97 Å². The third-order valence-electron chi connectivity index (χ3n) is 4.79. The third kappa shape index (κ3) is 3.94. The lowest BCUT2D eigenvalue weighted by molar-refractivity contribution is 0.0880. The van der Waals surface area contributed by atoms with Crippen molar-refractivity contribution < 1.29 is 14.6 Å². The molecular weight excluding hydrogens is 364 g/mol. The molecule has 4 rings (SSSR count). The highest BCUT2D eigenvalue weighted by Crippen LogP contribution is 2.41. The molecule has 0 saturated heterocycles. The molecule has 2 N–H and O–H groups in total. The number of nitrogens with zero attached hydrogens (tertiary/aromatic N) is 1. The number of pyridine rings is 1. The Bertz CT molecular complexity index is 906. The van der Waals surface area contributed by atoms with Crippen molar-refractivity contribution in [1.29, 1.82) is 0 Å². The van der Waals surface area contributed by atoms with Crippen molar-refractivity contribution >= 4 is 11.6 Å². The average molecular weight is 385 g/mol. The molecule has 5 nitrogen and oxygen atoms in total. The lowest BCUT2D eigenvalue weighted by Crippen LogP contribution is -2.19. The van der Waals surface area contributed by atoms with E-state index in [9.17, 15) is 5.11 Å². The molecule has 3 aromatic rings. The minimum atomic E-state index is -0.448. The van der Waals surface area contributed by atoms with Gasteiger partial charge in [-0.15, -0.1) is 0 Å². The Morgan fingerprint density at radius 2 is 2.04 bits per heavy atom. The predicted molar refractivity (Wildman–Crippen MR) is 105 cm³/mol. The van der Waals surface area contributed by atoms with E-state index in [0.717, 1.165) is 35.2 Å². The SMILES string of the molecule is COc1cc(-c2cc[nH]c2)c(-c2ccc(Cl)cn2)cc1OC[C@H](O)C1CC1. The predicted octanol–water partition coefficient (Wildman–Crippen LogP) is 4.56. The van der Waals surface area contributed by atoms with E-state index in [4.69, 9.17) is 21.1 Å². The van der Waals surface area contributed by atoms with Crippen molar-refractivity contribution in [3.63, 3.8) is 0 Å². The molecular formula is C21H21ClN2O3. The zero-order valence-electron chi connectivity index (χ0n) is 15.0. The van der Waals surface area contributed by atoms with Gasteiger partial charge in [0.2, 0.25) is 0 Å². The number of aromatic amines is 1. The minimum absolute atomic E-state index is 0.248. The number of hydrogen-bond acceptors (Lipinski definition) is 4. The fourth-order valence-corrected chi connectivity index (χ4v) is 3.21. The first-order valence-corrected chi connectivity index (χ1v) is 9.31. The topological polar surface area (TPSA) is 67.4 Å². The number of aromatic nitrogens is 2. The van der Waals surface area contributed by atoms with Gasteiger partial charge in [0.1, 0.15) is 6.61 Å². The summed E-state index contributed by atoms with van der Waals surface area (Å²) < 4.78 is 11.5. The zero-order chi connectivity index (χ0) is 18.8. The van der Waals surface area contributed by atoms with Crippen molar-refractivity contribution in [3.8, 4) is 33.9 Å². The summed E-state index contributed by atoms with van der Waals surface area (Å²) >= 11 is 6.00. The van der Waals surface area contributed by atoms with Crippen LogP contribution in [0.1, 0.15) is 12.8 Å². The van der Waals surface area contributed by atoms with Gasteiger partial charge in [-0.05, 0) is 60.2 Å². The van der Waals surface area contributed by atoms with E-state index in [0.29, 0.717) is 22.4 Å². The van der Waals surface area contributed by atoms with Gasteiger partial charge in [-0.3, -0.25) is 4.98 Å². The zero-order valence-corrected chi connectivity index (χ0v) is 15.7. The van der Waals surface area contributed by atoms with Gasteiger partial charge in [-0.2, -0.15) is 0 Å². The Morgan fingerprint density at radius 1 is 1.22 bits per heavy atom. The summed E-state index contributed by atoms with van der Waals surface area (Å²) in [5.74, 6) is 1.56. The van der Waals surface area contributed by atoms with Crippen LogP contribution >= 0.6 is 11.6 Å². The van der Waals surface area contributed by atoms with Crippen LogP contribution in [0.2, 0.25) is 5.02 Å². The van der Waals surface area contributed by atoms with Gasteiger partial charge >= 0.3 is 0 Å². The smallest absolute Gasteiger partial charge is 0.162 e. The Kier molecular flexibility index (Phi) is 5.05. The second-order valence-corrected chi connectivity index (χ2v) is 7.16. The van der Waals surface area contributed by atoms with Crippen molar-refractivity contribution in [2.75, 3.05) is 13.7 Å². The van der Waals surface area contributed by atoms with Crippen LogP contribution in [0.4, 0.5) is 0 Å². The maximum absolute atomic E-state index is 10.1. The first-order chi connectivity index (χ1) is 13.2. The van der Waals surface area contributed by atoms with Crippen LogP contribution in [0, 0.1) is 5.92 Å². The van der Waals surface area contributed by atoms with E-state index in [-0.39, 0.29) is 6.61 Å². The van der Waals surface area contributed by atoms with E-state index < -0.39 is 6.10 Å². The largest absolute Gasteiger partial charge is 0.493 e. The van der Waals surface area contributed by atoms with E-state index >= 15 is 0 Å². The second-order valence-electron chi connectivity index (χ2n) is 6.73. The number of benzene rings is 1. The maximum Gasteiger partial charge on any atom is 0.162 e. The van der Waals surface area contributed by atoms with Gasteiger partial charge in [0.05, 0.1) is 23.9 Å². The number of aliphatic hydroxyl groups is 1. The Hall–Kier alpha value is -2.50. The van der Waals surface area contributed by atoms with Gasteiger partial charge in [-0.25, -0.2) is 0 Å². The van der Waals surface area contributed by atoms with Crippen molar-refractivity contribution in [1.82, 2.24) is 9.97 Å². The number of rotatable bonds is 7. The molecule has 1 saturated carbocycles. The number of methoxy groups -OCH3 is 1. The second kappa shape index (κ2) is 7.62. The van der Waals surface area contributed by atoms with Gasteiger partial charge in [-0.1, -0.05) is 11.6 Å². The number of H-pyrrole nitrogens is 1.